The van der Waals surface area contributed by atoms with Gasteiger partial charge >= 0.3 is 0 Å². The van der Waals surface area contributed by atoms with Gasteiger partial charge in [0.2, 0.25) is 0 Å². The normalized spacial score (nSPS) is 30.3. The predicted molar refractivity (Wildman–Crippen MR) is 73.5 cm³/mol. The van der Waals surface area contributed by atoms with Crippen LogP contribution in [0.2, 0.25) is 0 Å². The average Bonchev–Trinajstić information content (AvgIpc) is 3.01. The smallest absolute Gasteiger partial charge is 0.251 e. The van der Waals surface area contributed by atoms with Gasteiger partial charge in [0.05, 0.1) is 5.56 Å². The molecule has 102 valence electrons. The SMILES string of the molecule is CC(NC(=O)c1cc[n+](C)cc1)C1CC2CCC1C2. The molecular formula is C16H23N2O+. The summed E-state index contributed by atoms with van der Waals surface area (Å²) in [7, 11) is 1.96. The molecule has 2 bridgehead atoms. The van der Waals surface area contributed by atoms with Crippen molar-refractivity contribution in [3.05, 3.63) is 30.1 Å². The number of pyridine rings is 1. The quantitative estimate of drug-likeness (QED) is 0.828. The second-order valence-electron chi connectivity index (χ2n) is 6.35. The molecule has 1 N–H and O–H groups in total. The standard InChI is InChI=1S/C16H22N2O/c1-11(15-10-12-3-4-14(15)9-12)17-16(19)13-5-7-18(2)8-6-13/h5-8,11-12,14-15H,3-4,9-10H2,1-2H3/p+1. The van der Waals surface area contributed by atoms with Gasteiger partial charge in [-0.2, -0.15) is 0 Å². The van der Waals surface area contributed by atoms with E-state index in [0.29, 0.717) is 12.0 Å². The second kappa shape index (κ2) is 4.95. The zero-order valence-corrected chi connectivity index (χ0v) is 11.8. The van der Waals surface area contributed by atoms with Crippen molar-refractivity contribution >= 4 is 5.91 Å². The first-order valence-electron chi connectivity index (χ1n) is 7.39. The van der Waals surface area contributed by atoms with E-state index in [4.69, 9.17) is 0 Å². The van der Waals surface area contributed by atoms with Gasteiger partial charge in [0, 0.05) is 18.2 Å². The molecule has 1 aromatic rings. The summed E-state index contributed by atoms with van der Waals surface area (Å²) in [6, 6.07) is 4.06. The van der Waals surface area contributed by atoms with Crippen LogP contribution in [-0.2, 0) is 7.05 Å². The van der Waals surface area contributed by atoms with Gasteiger partial charge in [0.15, 0.2) is 12.4 Å². The van der Waals surface area contributed by atoms with Crippen molar-refractivity contribution < 1.29 is 9.36 Å². The van der Waals surface area contributed by atoms with Gasteiger partial charge in [-0.25, -0.2) is 4.57 Å². The van der Waals surface area contributed by atoms with E-state index < -0.39 is 0 Å². The molecule has 2 aliphatic carbocycles. The number of hydrogen-bond donors (Lipinski definition) is 1. The van der Waals surface area contributed by atoms with Crippen molar-refractivity contribution in [2.24, 2.45) is 24.8 Å². The number of rotatable bonds is 3. The van der Waals surface area contributed by atoms with Gasteiger partial charge in [-0.15, -0.1) is 0 Å². The second-order valence-corrected chi connectivity index (χ2v) is 6.35. The summed E-state index contributed by atoms with van der Waals surface area (Å²) in [6.07, 6.45) is 9.32. The molecule has 2 fully saturated rings. The van der Waals surface area contributed by atoms with Crippen LogP contribution in [0, 0.1) is 17.8 Å². The molecule has 3 rings (SSSR count). The molecule has 3 nitrogen and oxygen atoms in total. The Labute approximate surface area is 115 Å². The lowest BCUT2D eigenvalue weighted by Crippen LogP contribution is -2.40. The fourth-order valence-electron chi connectivity index (χ4n) is 3.96. The maximum absolute atomic E-state index is 12.2. The van der Waals surface area contributed by atoms with Gasteiger partial charge < -0.3 is 5.32 Å². The van der Waals surface area contributed by atoms with E-state index in [-0.39, 0.29) is 5.91 Å². The van der Waals surface area contributed by atoms with E-state index in [9.17, 15) is 4.79 Å². The molecule has 2 aliphatic rings. The molecule has 0 aromatic carbocycles. The fourth-order valence-corrected chi connectivity index (χ4v) is 3.96. The predicted octanol–water partition coefficient (Wildman–Crippen LogP) is 2.07. The van der Waals surface area contributed by atoms with Gasteiger partial charge in [0.1, 0.15) is 7.05 Å². The van der Waals surface area contributed by atoms with E-state index >= 15 is 0 Å². The lowest BCUT2D eigenvalue weighted by Gasteiger charge is -2.28. The van der Waals surface area contributed by atoms with Crippen molar-refractivity contribution in [2.75, 3.05) is 0 Å². The number of amides is 1. The summed E-state index contributed by atoms with van der Waals surface area (Å²) in [5.41, 5.74) is 0.758. The zero-order chi connectivity index (χ0) is 13.4. The lowest BCUT2D eigenvalue weighted by atomic mass is 9.84. The molecule has 1 aromatic heterocycles. The van der Waals surface area contributed by atoms with Gasteiger partial charge in [0.25, 0.3) is 5.91 Å². The number of carbonyl (C=O) groups excluding carboxylic acids is 1. The van der Waals surface area contributed by atoms with Crippen LogP contribution >= 0.6 is 0 Å². The molecule has 3 heteroatoms. The molecule has 4 atom stereocenters. The summed E-state index contributed by atoms with van der Waals surface area (Å²) in [6.45, 7) is 2.17. The minimum absolute atomic E-state index is 0.0656. The summed E-state index contributed by atoms with van der Waals surface area (Å²) >= 11 is 0. The Balaban J connectivity index is 1.61. The number of fused-ring (bicyclic) bond motifs is 2. The first-order valence-corrected chi connectivity index (χ1v) is 7.39. The first kappa shape index (κ1) is 12.6. The minimum atomic E-state index is 0.0656. The van der Waals surface area contributed by atoms with Crippen LogP contribution in [0.25, 0.3) is 0 Å². The average molecular weight is 259 g/mol. The summed E-state index contributed by atoms with van der Waals surface area (Å²) in [4.78, 5) is 12.2. The number of nitrogens with one attached hydrogen (secondary N) is 1. The molecule has 1 heterocycles. The van der Waals surface area contributed by atoms with Crippen molar-refractivity contribution in [3.8, 4) is 0 Å². The number of nitrogens with zero attached hydrogens (tertiary/aromatic N) is 1. The van der Waals surface area contributed by atoms with Crippen LogP contribution in [-0.4, -0.2) is 11.9 Å². The maximum Gasteiger partial charge on any atom is 0.251 e. The third-order valence-electron chi connectivity index (χ3n) is 5.03. The zero-order valence-electron chi connectivity index (χ0n) is 11.8. The Kier molecular flexibility index (Phi) is 3.29. The van der Waals surface area contributed by atoms with Crippen LogP contribution in [0.4, 0.5) is 0 Å². The highest BCUT2D eigenvalue weighted by atomic mass is 16.1. The van der Waals surface area contributed by atoms with E-state index in [0.717, 1.165) is 17.4 Å². The Morgan fingerprint density at radius 3 is 2.63 bits per heavy atom. The minimum Gasteiger partial charge on any atom is -0.349 e. The Morgan fingerprint density at radius 2 is 2.05 bits per heavy atom. The molecule has 19 heavy (non-hydrogen) atoms. The van der Waals surface area contributed by atoms with Crippen LogP contribution in [0.5, 0.6) is 0 Å². The molecule has 0 aliphatic heterocycles. The van der Waals surface area contributed by atoms with Crippen molar-refractivity contribution in [3.63, 3.8) is 0 Å². The Bertz CT molecular complexity index is 468. The van der Waals surface area contributed by atoms with Gasteiger partial charge in [-0.05, 0) is 43.9 Å². The fraction of sp³-hybridized carbons (Fsp3) is 0.625. The molecule has 2 saturated carbocycles. The maximum atomic E-state index is 12.2. The van der Waals surface area contributed by atoms with Crippen LogP contribution < -0.4 is 9.88 Å². The van der Waals surface area contributed by atoms with Gasteiger partial charge in [-0.1, -0.05) is 6.42 Å². The number of aryl methyl sites for hydroxylation is 1. The summed E-state index contributed by atoms with van der Waals surface area (Å²) < 4.78 is 1.94. The molecule has 1 amide bonds. The third kappa shape index (κ3) is 2.51. The largest absolute Gasteiger partial charge is 0.349 e. The van der Waals surface area contributed by atoms with E-state index in [1.54, 1.807) is 0 Å². The van der Waals surface area contributed by atoms with Crippen LogP contribution in [0.15, 0.2) is 24.5 Å². The summed E-state index contributed by atoms with van der Waals surface area (Å²) in [5, 5.41) is 3.19. The first-order chi connectivity index (χ1) is 9.13. The van der Waals surface area contributed by atoms with E-state index in [1.807, 2.05) is 36.1 Å². The summed E-state index contributed by atoms with van der Waals surface area (Å²) in [5.74, 6) is 2.55. The molecule has 4 unspecified atom stereocenters. The Morgan fingerprint density at radius 1 is 1.32 bits per heavy atom. The van der Waals surface area contributed by atoms with Crippen molar-refractivity contribution in [2.45, 2.75) is 38.6 Å². The molecule has 0 radical (unpaired) electrons. The van der Waals surface area contributed by atoms with E-state index in [2.05, 4.69) is 12.2 Å². The number of aromatic nitrogens is 1. The molecule has 0 spiro atoms. The number of hydrogen-bond acceptors (Lipinski definition) is 1. The van der Waals surface area contributed by atoms with E-state index in [1.165, 1.54) is 25.7 Å². The third-order valence-corrected chi connectivity index (χ3v) is 5.03. The monoisotopic (exact) mass is 259 g/mol. The molecular weight excluding hydrogens is 236 g/mol. The highest BCUT2D eigenvalue weighted by Crippen LogP contribution is 2.49. The molecule has 0 saturated heterocycles. The lowest BCUT2D eigenvalue weighted by molar-refractivity contribution is -0.671. The van der Waals surface area contributed by atoms with Crippen molar-refractivity contribution in [1.29, 1.82) is 0 Å². The highest BCUT2D eigenvalue weighted by molar-refractivity contribution is 5.94. The Hall–Kier alpha value is -1.38. The number of carbonyl (C=O) groups is 1. The van der Waals surface area contributed by atoms with Gasteiger partial charge in [-0.3, -0.25) is 4.79 Å². The van der Waals surface area contributed by atoms with Crippen LogP contribution in [0.1, 0.15) is 43.0 Å². The van der Waals surface area contributed by atoms with Crippen molar-refractivity contribution in [1.82, 2.24) is 5.32 Å². The highest BCUT2D eigenvalue weighted by Gasteiger charge is 2.42. The van der Waals surface area contributed by atoms with Crippen LogP contribution in [0.3, 0.4) is 0 Å². The topological polar surface area (TPSA) is 33.0 Å².